The Morgan fingerprint density at radius 2 is 1.07 bits per heavy atom. The summed E-state index contributed by atoms with van der Waals surface area (Å²) >= 11 is 0. The van der Waals surface area contributed by atoms with Gasteiger partial charge in [-0.25, -0.2) is 0 Å². The van der Waals surface area contributed by atoms with Gasteiger partial charge in [0.2, 0.25) is 11.8 Å². The first kappa shape index (κ1) is 29.9. The van der Waals surface area contributed by atoms with Gasteiger partial charge in [-0.1, -0.05) is 24.3 Å². The van der Waals surface area contributed by atoms with E-state index in [9.17, 15) is 9.59 Å². The lowest BCUT2D eigenvalue weighted by Gasteiger charge is -2.15. The molecule has 2 saturated heterocycles. The fraction of sp³-hybridized carbons (Fsp3) is 0.562. The third kappa shape index (κ3) is 11.2. The number of nitrogens with one attached hydrogen (secondary N) is 2. The van der Waals surface area contributed by atoms with Crippen LogP contribution in [-0.2, 0) is 22.7 Å². The SMILES string of the molecule is O=C(CCC(=O)NCCCOc1cccc(CN2CCCC2)c1)NCCCOc1cccc(CN2CCCC2)c1. The Balaban J connectivity index is 0.986. The molecule has 4 rings (SSSR count). The van der Waals surface area contributed by atoms with Crippen molar-refractivity contribution in [3.8, 4) is 11.5 Å². The zero-order valence-electron chi connectivity index (χ0n) is 23.9. The zero-order valence-corrected chi connectivity index (χ0v) is 23.9. The summed E-state index contributed by atoms with van der Waals surface area (Å²) in [6, 6.07) is 16.5. The van der Waals surface area contributed by atoms with Crippen LogP contribution in [0.15, 0.2) is 48.5 Å². The highest BCUT2D eigenvalue weighted by Crippen LogP contribution is 2.19. The van der Waals surface area contributed by atoms with Crippen LogP contribution in [-0.4, -0.2) is 74.1 Å². The van der Waals surface area contributed by atoms with Crippen LogP contribution in [0.4, 0.5) is 0 Å². The van der Waals surface area contributed by atoms with E-state index in [1.54, 1.807) is 0 Å². The van der Waals surface area contributed by atoms with Crippen LogP contribution in [0.25, 0.3) is 0 Å². The van der Waals surface area contributed by atoms with Gasteiger partial charge in [0, 0.05) is 39.0 Å². The molecule has 2 amide bonds. The molecule has 218 valence electrons. The van der Waals surface area contributed by atoms with Crippen molar-refractivity contribution in [1.29, 1.82) is 0 Å². The standard InChI is InChI=1S/C32H46N4O4/c37-31(33-15-7-21-39-29-11-5-9-27(23-29)25-35-17-1-2-18-35)13-14-32(38)34-16-8-22-40-30-12-6-10-28(24-30)26-36-19-3-4-20-36/h5-6,9-12,23-24H,1-4,7-8,13-22,25-26H2,(H,33,37)(H,34,38). The molecule has 8 heteroatoms. The summed E-state index contributed by atoms with van der Waals surface area (Å²) in [6.45, 7) is 8.80. The molecule has 0 aliphatic carbocycles. The van der Waals surface area contributed by atoms with E-state index in [1.807, 2.05) is 24.3 Å². The molecule has 0 spiro atoms. The number of nitrogens with zero attached hydrogens (tertiary/aromatic N) is 2. The van der Waals surface area contributed by atoms with E-state index in [0.29, 0.717) is 26.3 Å². The van der Waals surface area contributed by atoms with E-state index in [4.69, 9.17) is 9.47 Å². The Hall–Kier alpha value is -3.10. The van der Waals surface area contributed by atoms with Gasteiger partial charge in [-0.3, -0.25) is 19.4 Å². The van der Waals surface area contributed by atoms with Gasteiger partial charge in [0.15, 0.2) is 0 Å². The molecule has 2 heterocycles. The first-order valence-corrected chi connectivity index (χ1v) is 15.1. The Morgan fingerprint density at radius 3 is 1.50 bits per heavy atom. The molecule has 0 atom stereocenters. The lowest BCUT2D eigenvalue weighted by atomic mass is 10.2. The zero-order chi connectivity index (χ0) is 27.8. The fourth-order valence-corrected chi connectivity index (χ4v) is 5.25. The quantitative estimate of drug-likeness (QED) is 0.288. The lowest BCUT2D eigenvalue weighted by Crippen LogP contribution is -2.29. The van der Waals surface area contributed by atoms with Crippen LogP contribution in [0.1, 0.15) is 62.5 Å². The molecule has 0 saturated carbocycles. The molecule has 2 N–H and O–H groups in total. The van der Waals surface area contributed by atoms with Crippen molar-refractivity contribution in [2.75, 3.05) is 52.5 Å². The highest BCUT2D eigenvalue weighted by molar-refractivity contribution is 5.83. The number of hydrogen-bond acceptors (Lipinski definition) is 6. The summed E-state index contributed by atoms with van der Waals surface area (Å²) in [5.41, 5.74) is 2.55. The van der Waals surface area contributed by atoms with Gasteiger partial charge in [0.25, 0.3) is 0 Å². The van der Waals surface area contributed by atoms with E-state index in [2.05, 4.69) is 44.7 Å². The molecule has 0 aromatic heterocycles. The van der Waals surface area contributed by atoms with Crippen molar-refractivity contribution in [3.63, 3.8) is 0 Å². The fourth-order valence-electron chi connectivity index (χ4n) is 5.25. The summed E-state index contributed by atoms with van der Waals surface area (Å²) < 4.78 is 11.7. The normalized spacial score (nSPS) is 15.7. The Kier molecular flexibility index (Phi) is 12.6. The number of ether oxygens (including phenoxy) is 2. The van der Waals surface area contributed by atoms with Crippen LogP contribution in [0, 0.1) is 0 Å². The highest BCUT2D eigenvalue weighted by Gasteiger charge is 2.13. The minimum absolute atomic E-state index is 0.111. The van der Waals surface area contributed by atoms with E-state index < -0.39 is 0 Å². The number of carbonyl (C=O) groups excluding carboxylic acids is 2. The largest absolute Gasteiger partial charge is 0.494 e. The van der Waals surface area contributed by atoms with Gasteiger partial charge in [0.1, 0.15) is 11.5 Å². The second kappa shape index (κ2) is 16.9. The average Bonchev–Trinajstić information content (AvgIpc) is 3.67. The van der Waals surface area contributed by atoms with Crippen molar-refractivity contribution in [1.82, 2.24) is 20.4 Å². The van der Waals surface area contributed by atoms with Crippen LogP contribution in [0.5, 0.6) is 11.5 Å². The van der Waals surface area contributed by atoms with E-state index in [-0.39, 0.29) is 24.7 Å². The predicted molar refractivity (Wildman–Crippen MR) is 157 cm³/mol. The number of benzene rings is 2. The third-order valence-electron chi connectivity index (χ3n) is 7.41. The van der Waals surface area contributed by atoms with Gasteiger partial charge in [-0.15, -0.1) is 0 Å². The molecule has 40 heavy (non-hydrogen) atoms. The Bertz CT molecular complexity index is 967. The lowest BCUT2D eigenvalue weighted by molar-refractivity contribution is -0.126. The second-order valence-corrected chi connectivity index (χ2v) is 10.9. The van der Waals surface area contributed by atoms with Crippen LogP contribution in [0.2, 0.25) is 0 Å². The molecule has 2 aromatic rings. The number of rotatable bonds is 17. The highest BCUT2D eigenvalue weighted by atomic mass is 16.5. The molecule has 2 aliphatic rings. The van der Waals surface area contributed by atoms with Crippen LogP contribution < -0.4 is 20.1 Å². The second-order valence-electron chi connectivity index (χ2n) is 10.9. The van der Waals surface area contributed by atoms with Crippen molar-refractivity contribution < 1.29 is 19.1 Å². The van der Waals surface area contributed by atoms with E-state index in [0.717, 1.165) is 37.4 Å². The van der Waals surface area contributed by atoms with Crippen molar-refractivity contribution in [3.05, 3.63) is 59.7 Å². The van der Waals surface area contributed by atoms with Gasteiger partial charge < -0.3 is 20.1 Å². The first-order chi connectivity index (χ1) is 19.6. The average molecular weight is 551 g/mol. The molecule has 2 aromatic carbocycles. The first-order valence-electron chi connectivity index (χ1n) is 15.1. The maximum Gasteiger partial charge on any atom is 0.220 e. The summed E-state index contributed by atoms with van der Waals surface area (Å²) in [5.74, 6) is 1.52. The number of hydrogen-bond donors (Lipinski definition) is 2. The minimum Gasteiger partial charge on any atom is -0.494 e. The molecular weight excluding hydrogens is 504 g/mol. The maximum atomic E-state index is 12.1. The molecule has 8 nitrogen and oxygen atoms in total. The van der Waals surface area contributed by atoms with Gasteiger partial charge in [-0.2, -0.15) is 0 Å². The van der Waals surface area contributed by atoms with Gasteiger partial charge in [-0.05, 0) is 100 Å². The van der Waals surface area contributed by atoms with Crippen molar-refractivity contribution in [2.24, 2.45) is 0 Å². The minimum atomic E-state index is -0.111. The number of likely N-dealkylation sites (tertiary alicyclic amines) is 2. The van der Waals surface area contributed by atoms with Crippen LogP contribution >= 0.6 is 0 Å². The number of carbonyl (C=O) groups is 2. The van der Waals surface area contributed by atoms with Gasteiger partial charge in [0.05, 0.1) is 13.2 Å². The van der Waals surface area contributed by atoms with Crippen LogP contribution in [0.3, 0.4) is 0 Å². The summed E-state index contributed by atoms with van der Waals surface area (Å²) in [4.78, 5) is 29.1. The van der Waals surface area contributed by atoms with Crippen molar-refractivity contribution >= 4 is 11.8 Å². The molecule has 2 aliphatic heterocycles. The summed E-state index contributed by atoms with van der Waals surface area (Å²) in [7, 11) is 0. The Labute approximate surface area is 239 Å². The number of amides is 2. The monoisotopic (exact) mass is 550 g/mol. The summed E-state index contributed by atoms with van der Waals surface area (Å²) in [6.07, 6.45) is 6.96. The molecule has 0 radical (unpaired) electrons. The van der Waals surface area contributed by atoms with Crippen molar-refractivity contribution in [2.45, 2.75) is 64.5 Å². The van der Waals surface area contributed by atoms with E-state index in [1.165, 1.54) is 63.0 Å². The molecule has 0 bridgehead atoms. The van der Waals surface area contributed by atoms with E-state index >= 15 is 0 Å². The predicted octanol–water partition coefficient (Wildman–Crippen LogP) is 4.13. The maximum absolute atomic E-state index is 12.1. The topological polar surface area (TPSA) is 83.1 Å². The smallest absolute Gasteiger partial charge is 0.220 e. The molecule has 2 fully saturated rings. The van der Waals surface area contributed by atoms with Gasteiger partial charge >= 0.3 is 0 Å². The third-order valence-corrected chi connectivity index (χ3v) is 7.41. The summed E-state index contributed by atoms with van der Waals surface area (Å²) in [5, 5.41) is 5.75. The molecular formula is C32H46N4O4. The molecule has 0 unspecified atom stereocenters. The Morgan fingerprint density at radius 1 is 0.650 bits per heavy atom.